The molecular weight excluding hydrogens is 247 g/mol. The average Bonchev–Trinajstić information content (AvgIpc) is 1.12. The number of hydrogen-bond acceptors (Lipinski definition) is 4. The molecule has 0 radical (unpaired) electrons. The summed E-state index contributed by atoms with van der Waals surface area (Å²) in [4.78, 5) is 0. The van der Waals surface area contributed by atoms with Gasteiger partial charge < -0.3 is 0 Å². The fraction of sp³-hybridized carbons (Fsp3) is 0. The summed E-state index contributed by atoms with van der Waals surface area (Å²) < 4.78 is 50.4. The van der Waals surface area contributed by atoms with Crippen LogP contribution in [-0.2, 0) is 37.1 Å². The summed E-state index contributed by atoms with van der Waals surface area (Å²) in [5.74, 6) is 0. The fourth-order valence-corrected chi connectivity index (χ4v) is 0. The number of hydrogen-bond donors (Lipinski definition) is 4. The molecule has 11 heavy (non-hydrogen) atoms. The van der Waals surface area contributed by atoms with Gasteiger partial charge in [-0.3, -0.25) is 9.11 Å². The first kappa shape index (κ1) is 17.4. The minimum absolute atomic E-state index is 0. The predicted molar refractivity (Wildman–Crippen MR) is 31.5 cm³/mol. The van der Waals surface area contributed by atoms with Gasteiger partial charge >= 0.3 is 20.6 Å². The Morgan fingerprint density at radius 3 is 0.818 bits per heavy atom. The Kier molecular flexibility index (Phi) is 9.20. The zero-order valence-corrected chi connectivity index (χ0v) is 7.44. The van der Waals surface area contributed by atoms with Gasteiger partial charge in [0.25, 0.3) is 0 Å². The van der Waals surface area contributed by atoms with Gasteiger partial charge in [-0.2, -0.15) is 16.8 Å². The monoisotopic (exact) mass is 252 g/mol. The standard InChI is InChI=1S/2H3NO3S.Ni/c2*1-5(2,3)4;/h2*(H3,1,2,3,4);. The molecular formula is H6N2NiO6S2. The summed E-state index contributed by atoms with van der Waals surface area (Å²) in [7, 11) is -8.33. The van der Waals surface area contributed by atoms with Crippen molar-refractivity contribution in [3.63, 3.8) is 0 Å². The largest absolute Gasteiger partial charge is 0.330 e. The quantitative estimate of drug-likeness (QED) is 0.275. The molecule has 0 aliphatic rings. The van der Waals surface area contributed by atoms with E-state index in [1.165, 1.54) is 0 Å². The molecule has 0 spiro atoms. The van der Waals surface area contributed by atoms with Gasteiger partial charge in [0.15, 0.2) is 0 Å². The van der Waals surface area contributed by atoms with E-state index in [-0.39, 0.29) is 16.5 Å². The molecule has 0 saturated carbocycles. The van der Waals surface area contributed by atoms with E-state index < -0.39 is 20.6 Å². The van der Waals surface area contributed by atoms with Crippen molar-refractivity contribution in [1.82, 2.24) is 0 Å². The molecule has 0 aromatic heterocycles. The molecule has 11 heteroatoms. The van der Waals surface area contributed by atoms with E-state index in [4.69, 9.17) is 25.9 Å². The van der Waals surface area contributed by atoms with Crippen molar-refractivity contribution in [1.29, 1.82) is 0 Å². The van der Waals surface area contributed by atoms with Crippen molar-refractivity contribution < 1.29 is 42.4 Å². The van der Waals surface area contributed by atoms with E-state index in [0.717, 1.165) is 0 Å². The van der Waals surface area contributed by atoms with Gasteiger partial charge in [0, 0.05) is 16.5 Å². The first-order valence-electron chi connectivity index (χ1n) is 1.50. The molecule has 0 saturated heterocycles. The minimum atomic E-state index is -4.17. The molecule has 0 aliphatic carbocycles. The Bertz CT molecular complexity index is 215. The van der Waals surface area contributed by atoms with Crippen LogP contribution in [0.4, 0.5) is 0 Å². The van der Waals surface area contributed by atoms with Gasteiger partial charge in [0.2, 0.25) is 0 Å². The fourth-order valence-electron chi connectivity index (χ4n) is 0. The molecule has 0 atom stereocenters. The molecule has 0 heterocycles. The molecule has 0 aromatic carbocycles. The van der Waals surface area contributed by atoms with Crippen LogP contribution in [0.25, 0.3) is 0 Å². The maximum Gasteiger partial charge on any atom is 0.330 e. The Morgan fingerprint density at radius 1 is 0.818 bits per heavy atom. The van der Waals surface area contributed by atoms with Gasteiger partial charge in [-0.1, -0.05) is 0 Å². The zero-order chi connectivity index (χ0) is 9.00. The molecule has 0 fully saturated rings. The number of nitrogens with two attached hydrogens (primary N) is 2. The third-order valence-corrected chi connectivity index (χ3v) is 0. The second-order valence-corrected chi connectivity index (χ2v) is 3.09. The van der Waals surface area contributed by atoms with Gasteiger partial charge in [-0.15, -0.1) is 0 Å². The molecule has 0 amide bonds. The summed E-state index contributed by atoms with van der Waals surface area (Å²) in [5.41, 5.74) is 0. The van der Waals surface area contributed by atoms with Gasteiger partial charge in [0.1, 0.15) is 0 Å². The van der Waals surface area contributed by atoms with Crippen molar-refractivity contribution in [2.24, 2.45) is 10.3 Å². The average molecular weight is 253 g/mol. The first-order chi connectivity index (χ1) is 4.00. The summed E-state index contributed by atoms with van der Waals surface area (Å²) >= 11 is 0. The Balaban J connectivity index is -0.000000107. The van der Waals surface area contributed by atoms with E-state index in [9.17, 15) is 0 Å². The Labute approximate surface area is 73.6 Å². The third-order valence-electron chi connectivity index (χ3n) is 0. The van der Waals surface area contributed by atoms with Crippen molar-refractivity contribution in [3.8, 4) is 0 Å². The van der Waals surface area contributed by atoms with Gasteiger partial charge in [-0.05, 0) is 0 Å². The molecule has 0 aliphatic heterocycles. The van der Waals surface area contributed by atoms with E-state index in [1.54, 1.807) is 0 Å². The SMILES string of the molecule is NS(=O)(=O)O.NS(=O)(=O)O.[Ni]. The van der Waals surface area contributed by atoms with Crippen molar-refractivity contribution in [2.75, 3.05) is 0 Å². The minimum Gasteiger partial charge on any atom is -0.274 e. The predicted octanol–water partition coefficient (Wildman–Crippen LogP) is -2.51. The maximum absolute atomic E-state index is 8.97. The second kappa shape index (κ2) is 5.83. The van der Waals surface area contributed by atoms with Crippen LogP contribution < -0.4 is 10.3 Å². The Morgan fingerprint density at radius 2 is 0.818 bits per heavy atom. The van der Waals surface area contributed by atoms with Crippen LogP contribution in [0.3, 0.4) is 0 Å². The van der Waals surface area contributed by atoms with Crippen LogP contribution in [0.2, 0.25) is 0 Å². The molecule has 0 rings (SSSR count). The van der Waals surface area contributed by atoms with Crippen molar-refractivity contribution >= 4 is 20.6 Å². The zero-order valence-electron chi connectivity index (χ0n) is 4.81. The molecule has 8 nitrogen and oxygen atoms in total. The van der Waals surface area contributed by atoms with Crippen LogP contribution in [0.5, 0.6) is 0 Å². The van der Waals surface area contributed by atoms with Crippen LogP contribution in [0.1, 0.15) is 0 Å². The molecule has 74 valence electrons. The smallest absolute Gasteiger partial charge is 0.274 e. The summed E-state index contributed by atoms with van der Waals surface area (Å²) in [6.45, 7) is 0. The van der Waals surface area contributed by atoms with Crippen LogP contribution >= 0.6 is 0 Å². The maximum atomic E-state index is 8.97. The summed E-state index contributed by atoms with van der Waals surface area (Å²) in [6.07, 6.45) is 0. The Hall–Kier alpha value is 0.234. The second-order valence-electron chi connectivity index (χ2n) is 1.03. The molecule has 0 bridgehead atoms. The van der Waals surface area contributed by atoms with Crippen molar-refractivity contribution in [2.45, 2.75) is 0 Å². The van der Waals surface area contributed by atoms with Crippen LogP contribution in [-0.4, -0.2) is 25.9 Å². The van der Waals surface area contributed by atoms with Gasteiger partial charge in [0.05, 0.1) is 0 Å². The topological polar surface area (TPSA) is 161 Å². The molecule has 0 aromatic rings. The molecule has 0 unspecified atom stereocenters. The normalized spacial score (nSPS) is 10.5. The van der Waals surface area contributed by atoms with E-state index in [0.29, 0.717) is 0 Å². The molecule has 6 N–H and O–H groups in total. The summed E-state index contributed by atoms with van der Waals surface area (Å²) in [6, 6.07) is 0. The van der Waals surface area contributed by atoms with Crippen molar-refractivity contribution in [3.05, 3.63) is 0 Å². The van der Waals surface area contributed by atoms with Crippen LogP contribution in [0.15, 0.2) is 0 Å². The van der Waals surface area contributed by atoms with Gasteiger partial charge in [-0.25, -0.2) is 10.3 Å². The first-order valence-corrected chi connectivity index (χ1v) is 4.51. The third kappa shape index (κ3) is 12700. The van der Waals surface area contributed by atoms with E-state index >= 15 is 0 Å². The van der Waals surface area contributed by atoms with E-state index in [2.05, 4.69) is 10.3 Å². The van der Waals surface area contributed by atoms with E-state index in [1.807, 2.05) is 0 Å². The van der Waals surface area contributed by atoms with Crippen LogP contribution in [0, 0.1) is 0 Å². The summed E-state index contributed by atoms with van der Waals surface area (Å²) in [5, 5.41) is 7.76. The number of rotatable bonds is 0.